The lowest BCUT2D eigenvalue weighted by Gasteiger charge is -2.19. The van der Waals surface area contributed by atoms with E-state index in [2.05, 4.69) is 34.9 Å². The molecular weight excluding hydrogens is 444 g/mol. The molecule has 3 rings (SSSR count). The molecule has 35 heavy (non-hydrogen) atoms. The topological polar surface area (TPSA) is 105 Å². The minimum absolute atomic E-state index is 0.0100. The lowest BCUT2D eigenvalue weighted by Crippen LogP contribution is -2.39. The Bertz CT molecular complexity index is 976. The number of alkyl carbamates (subject to hydrolysis) is 1. The average Bonchev–Trinajstić information content (AvgIpc) is 3.18. The van der Waals surface area contributed by atoms with E-state index in [4.69, 9.17) is 9.84 Å². The van der Waals surface area contributed by atoms with Crippen molar-refractivity contribution in [2.24, 2.45) is 5.92 Å². The van der Waals surface area contributed by atoms with E-state index >= 15 is 0 Å². The van der Waals surface area contributed by atoms with Gasteiger partial charge in [0.15, 0.2) is 0 Å². The molecule has 0 fully saturated rings. The zero-order chi connectivity index (χ0) is 25.2. The Balaban J connectivity index is 1.44. The molecule has 1 unspecified atom stereocenters. The van der Waals surface area contributed by atoms with E-state index in [-0.39, 0.29) is 43.2 Å². The van der Waals surface area contributed by atoms with Crippen LogP contribution in [-0.4, -0.2) is 42.3 Å². The number of nitrogens with one attached hydrogen (secondary N) is 2. The van der Waals surface area contributed by atoms with Crippen molar-refractivity contribution in [2.45, 2.75) is 64.3 Å². The highest BCUT2D eigenvalue weighted by Gasteiger charge is 2.29. The smallest absolute Gasteiger partial charge is 0.407 e. The lowest BCUT2D eigenvalue weighted by atomic mass is 9.96. The Morgan fingerprint density at radius 2 is 1.57 bits per heavy atom. The van der Waals surface area contributed by atoms with Crippen molar-refractivity contribution in [1.82, 2.24) is 10.6 Å². The van der Waals surface area contributed by atoms with Crippen LogP contribution in [0.25, 0.3) is 11.1 Å². The number of carbonyl (C=O) groups excluding carboxylic acids is 2. The van der Waals surface area contributed by atoms with Gasteiger partial charge in [0.25, 0.3) is 0 Å². The zero-order valence-electron chi connectivity index (χ0n) is 20.6. The Morgan fingerprint density at radius 1 is 0.943 bits per heavy atom. The largest absolute Gasteiger partial charge is 0.481 e. The van der Waals surface area contributed by atoms with Crippen LogP contribution in [-0.2, 0) is 14.3 Å². The number of rotatable bonds is 13. The molecule has 0 radical (unpaired) electrons. The van der Waals surface area contributed by atoms with E-state index in [1.165, 1.54) is 11.1 Å². The summed E-state index contributed by atoms with van der Waals surface area (Å²) in [5.74, 6) is -0.669. The van der Waals surface area contributed by atoms with Crippen LogP contribution in [0.5, 0.6) is 0 Å². The quantitative estimate of drug-likeness (QED) is 0.370. The Hall–Kier alpha value is -3.35. The van der Waals surface area contributed by atoms with Gasteiger partial charge in [0.2, 0.25) is 5.91 Å². The van der Waals surface area contributed by atoms with Crippen molar-refractivity contribution in [3.63, 3.8) is 0 Å². The first-order chi connectivity index (χ1) is 16.9. The van der Waals surface area contributed by atoms with Crippen molar-refractivity contribution in [3.8, 4) is 11.1 Å². The van der Waals surface area contributed by atoms with Gasteiger partial charge < -0.3 is 20.5 Å². The summed E-state index contributed by atoms with van der Waals surface area (Å²) < 4.78 is 5.60. The molecule has 188 valence electrons. The Morgan fingerprint density at radius 3 is 2.14 bits per heavy atom. The predicted octanol–water partition coefficient (Wildman–Crippen LogP) is 5.09. The summed E-state index contributed by atoms with van der Waals surface area (Å²) in [6.45, 7) is 4.68. The van der Waals surface area contributed by atoms with Crippen LogP contribution in [0.2, 0.25) is 0 Å². The Labute approximate surface area is 207 Å². The van der Waals surface area contributed by atoms with Gasteiger partial charge in [-0.3, -0.25) is 9.59 Å². The second-order valence-corrected chi connectivity index (χ2v) is 9.12. The molecule has 1 aliphatic carbocycles. The van der Waals surface area contributed by atoms with Gasteiger partial charge in [0.1, 0.15) is 6.61 Å². The molecule has 0 spiro atoms. The van der Waals surface area contributed by atoms with Gasteiger partial charge >= 0.3 is 12.1 Å². The summed E-state index contributed by atoms with van der Waals surface area (Å²) >= 11 is 0. The first kappa shape index (κ1) is 26.3. The molecule has 7 nitrogen and oxygen atoms in total. The van der Waals surface area contributed by atoms with Gasteiger partial charge in [-0.1, -0.05) is 68.8 Å². The monoisotopic (exact) mass is 480 g/mol. The maximum absolute atomic E-state index is 12.5. The van der Waals surface area contributed by atoms with E-state index in [9.17, 15) is 14.4 Å². The number of ether oxygens (including phenoxy) is 1. The zero-order valence-corrected chi connectivity index (χ0v) is 20.6. The van der Waals surface area contributed by atoms with Crippen molar-refractivity contribution in [1.29, 1.82) is 0 Å². The van der Waals surface area contributed by atoms with Crippen LogP contribution >= 0.6 is 0 Å². The summed E-state index contributed by atoms with van der Waals surface area (Å²) in [4.78, 5) is 35.7. The van der Waals surface area contributed by atoms with Gasteiger partial charge in [0, 0.05) is 31.3 Å². The number of carboxylic acids is 1. The third-order valence-electron chi connectivity index (χ3n) is 6.81. The molecule has 2 atom stereocenters. The lowest BCUT2D eigenvalue weighted by molar-refractivity contribution is -0.137. The summed E-state index contributed by atoms with van der Waals surface area (Å²) in [6.07, 6.45) is 2.64. The summed E-state index contributed by atoms with van der Waals surface area (Å²) in [7, 11) is 0. The van der Waals surface area contributed by atoms with Crippen LogP contribution < -0.4 is 10.6 Å². The number of benzene rings is 2. The van der Waals surface area contributed by atoms with Crippen LogP contribution in [0, 0.1) is 5.92 Å². The SMILES string of the molecule is CCC(CCNC(=O)C[C@@H](CC)NC(=O)OCC1c2ccccc2-c2ccccc21)CCC(=O)O. The van der Waals surface area contributed by atoms with Crippen molar-refractivity contribution < 1.29 is 24.2 Å². The van der Waals surface area contributed by atoms with E-state index in [1.54, 1.807) is 0 Å². The van der Waals surface area contributed by atoms with Crippen LogP contribution in [0.15, 0.2) is 48.5 Å². The van der Waals surface area contributed by atoms with E-state index in [0.717, 1.165) is 24.0 Å². The van der Waals surface area contributed by atoms with Crippen molar-refractivity contribution in [2.75, 3.05) is 13.2 Å². The number of hydrogen-bond acceptors (Lipinski definition) is 4. The maximum Gasteiger partial charge on any atom is 0.407 e. The van der Waals surface area contributed by atoms with Crippen molar-refractivity contribution in [3.05, 3.63) is 59.7 Å². The van der Waals surface area contributed by atoms with E-state index in [1.807, 2.05) is 38.1 Å². The fourth-order valence-corrected chi connectivity index (χ4v) is 4.70. The minimum atomic E-state index is -0.794. The number of carboxylic acid groups (broad SMARTS) is 1. The molecule has 0 heterocycles. The molecule has 0 aliphatic heterocycles. The van der Waals surface area contributed by atoms with E-state index in [0.29, 0.717) is 19.4 Å². The second kappa shape index (κ2) is 12.9. The molecule has 2 amide bonds. The van der Waals surface area contributed by atoms with Gasteiger partial charge in [-0.15, -0.1) is 0 Å². The number of fused-ring (bicyclic) bond motifs is 3. The average molecular weight is 481 g/mol. The molecule has 2 aromatic carbocycles. The highest BCUT2D eigenvalue weighted by Crippen LogP contribution is 2.44. The molecule has 7 heteroatoms. The summed E-state index contributed by atoms with van der Waals surface area (Å²) in [6, 6.07) is 16.0. The highest BCUT2D eigenvalue weighted by molar-refractivity contribution is 5.79. The molecule has 0 bridgehead atoms. The second-order valence-electron chi connectivity index (χ2n) is 9.12. The fraction of sp³-hybridized carbons (Fsp3) is 0.464. The Kier molecular flexibility index (Phi) is 9.70. The first-order valence-electron chi connectivity index (χ1n) is 12.5. The summed E-state index contributed by atoms with van der Waals surface area (Å²) in [5.41, 5.74) is 4.66. The predicted molar refractivity (Wildman–Crippen MR) is 135 cm³/mol. The van der Waals surface area contributed by atoms with Gasteiger partial charge in [0.05, 0.1) is 0 Å². The minimum Gasteiger partial charge on any atom is -0.481 e. The number of carbonyl (C=O) groups is 3. The molecule has 2 aromatic rings. The van der Waals surface area contributed by atoms with Gasteiger partial charge in [-0.05, 0) is 47.4 Å². The molecule has 0 aromatic heterocycles. The molecule has 1 aliphatic rings. The fourth-order valence-electron chi connectivity index (χ4n) is 4.70. The number of aliphatic carboxylic acids is 1. The number of hydrogen-bond donors (Lipinski definition) is 3. The first-order valence-corrected chi connectivity index (χ1v) is 12.5. The normalized spacial score (nSPS) is 13.9. The van der Waals surface area contributed by atoms with Crippen LogP contribution in [0.3, 0.4) is 0 Å². The third-order valence-corrected chi connectivity index (χ3v) is 6.81. The van der Waals surface area contributed by atoms with Crippen LogP contribution in [0.1, 0.15) is 69.4 Å². The maximum atomic E-state index is 12.5. The van der Waals surface area contributed by atoms with Crippen molar-refractivity contribution >= 4 is 18.0 Å². The molecular formula is C28H36N2O5. The summed E-state index contributed by atoms with van der Waals surface area (Å²) in [5, 5.41) is 14.6. The van der Waals surface area contributed by atoms with Gasteiger partial charge in [-0.2, -0.15) is 0 Å². The molecule has 0 saturated heterocycles. The standard InChI is InChI=1S/C28H36N2O5/c1-3-19(13-14-27(32)33)15-16-29-26(31)17-20(4-2)30-28(34)35-18-25-23-11-7-5-9-21(23)22-10-6-8-12-24(22)25/h5-12,19-20,25H,3-4,13-18H2,1-2H3,(H,29,31)(H,30,34)(H,32,33)/t19?,20-/m1/s1. The molecule has 0 saturated carbocycles. The highest BCUT2D eigenvalue weighted by atomic mass is 16.5. The van der Waals surface area contributed by atoms with Gasteiger partial charge in [-0.25, -0.2) is 4.79 Å². The van der Waals surface area contributed by atoms with Crippen LogP contribution in [0.4, 0.5) is 4.79 Å². The van der Waals surface area contributed by atoms with E-state index < -0.39 is 12.1 Å². The third kappa shape index (κ3) is 7.31. The number of amides is 2. The molecule has 3 N–H and O–H groups in total.